The predicted octanol–water partition coefficient (Wildman–Crippen LogP) is 4.46. The van der Waals surface area contributed by atoms with Crippen LogP contribution in [-0.4, -0.2) is 48.2 Å². The summed E-state index contributed by atoms with van der Waals surface area (Å²) in [5.41, 5.74) is 3.39. The molecule has 6 heteroatoms. The Morgan fingerprint density at radius 2 is 2.00 bits per heavy atom. The maximum atomic E-state index is 12.2. The molecule has 1 aromatic carbocycles. The third-order valence-corrected chi connectivity index (χ3v) is 5.56. The largest absolute Gasteiger partial charge is 0.481 e. The molecule has 0 radical (unpaired) electrons. The molecule has 2 aliphatic rings. The average molecular weight is 383 g/mol. The number of para-hydroxylation sites is 2. The molecule has 0 bridgehead atoms. The van der Waals surface area contributed by atoms with E-state index in [2.05, 4.69) is 21.5 Å². The number of aliphatic imine (C=N–C) groups is 2. The fraction of sp³-hybridized carbons (Fsp3) is 0.500. The Balaban J connectivity index is 2.19. The number of anilines is 1. The molecule has 0 saturated carbocycles. The van der Waals surface area contributed by atoms with Crippen molar-refractivity contribution in [2.24, 2.45) is 15.9 Å². The minimum atomic E-state index is -0.780. The van der Waals surface area contributed by atoms with Gasteiger partial charge in [0.2, 0.25) is 0 Å². The van der Waals surface area contributed by atoms with Crippen molar-refractivity contribution in [3.8, 4) is 0 Å². The molecule has 2 aliphatic heterocycles. The van der Waals surface area contributed by atoms with E-state index < -0.39 is 11.9 Å². The smallest absolute Gasteiger partial charge is 0.311 e. The van der Waals surface area contributed by atoms with Crippen molar-refractivity contribution < 1.29 is 9.90 Å². The molecule has 6 nitrogen and oxygen atoms in total. The Morgan fingerprint density at radius 3 is 2.64 bits per heavy atom. The van der Waals surface area contributed by atoms with Crippen LogP contribution in [0.3, 0.4) is 0 Å². The fourth-order valence-corrected chi connectivity index (χ4v) is 4.19. The number of benzene rings is 1. The van der Waals surface area contributed by atoms with Crippen LogP contribution in [0.1, 0.15) is 46.0 Å². The minimum absolute atomic E-state index is 0.464. The van der Waals surface area contributed by atoms with Gasteiger partial charge in [0.1, 0.15) is 12.5 Å². The maximum absolute atomic E-state index is 12.2. The van der Waals surface area contributed by atoms with E-state index in [1.165, 1.54) is 6.42 Å². The Morgan fingerprint density at radius 1 is 1.29 bits per heavy atom. The number of hydrogen-bond donors (Lipinski definition) is 1. The van der Waals surface area contributed by atoms with E-state index >= 15 is 0 Å². The molecule has 150 valence electrons. The minimum Gasteiger partial charge on any atom is -0.481 e. The Bertz CT molecular complexity index is 793. The van der Waals surface area contributed by atoms with Gasteiger partial charge in [-0.05, 0) is 51.5 Å². The Labute approximate surface area is 167 Å². The van der Waals surface area contributed by atoms with E-state index in [-0.39, 0.29) is 0 Å². The maximum Gasteiger partial charge on any atom is 0.311 e. The fourth-order valence-electron chi connectivity index (χ4n) is 4.19. The molecule has 1 fully saturated rings. The van der Waals surface area contributed by atoms with Crippen molar-refractivity contribution in [2.75, 3.05) is 24.7 Å². The molecule has 0 aromatic heterocycles. The first-order valence-corrected chi connectivity index (χ1v) is 10.1. The average Bonchev–Trinajstić information content (AvgIpc) is 2.72. The van der Waals surface area contributed by atoms with Crippen molar-refractivity contribution in [3.63, 3.8) is 0 Å². The molecule has 0 amide bonds. The molecule has 0 aliphatic carbocycles. The van der Waals surface area contributed by atoms with Crippen LogP contribution in [0.25, 0.3) is 0 Å². The van der Waals surface area contributed by atoms with Gasteiger partial charge in [-0.3, -0.25) is 14.8 Å². The van der Waals surface area contributed by atoms with E-state index in [0.29, 0.717) is 13.1 Å². The number of carboxylic acids is 1. The zero-order valence-electron chi connectivity index (χ0n) is 16.9. The second-order valence-electron chi connectivity index (χ2n) is 7.42. The van der Waals surface area contributed by atoms with E-state index in [9.17, 15) is 9.90 Å². The van der Waals surface area contributed by atoms with Crippen LogP contribution in [0.2, 0.25) is 0 Å². The zero-order valence-corrected chi connectivity index (χ0v) is 16.9. The molecule has 2 heterocycles. The summed E-state index contributed by atoms with van der Waals surface area (Å²) in [4.78, 5) is 25.5. The summed E-state index contributed by atoms with van der Waals surface area (Å²) in [5.74, 6) is -0.348. The second-order valence-corrected chi connectivity index (χ2v) is 7.42. The van der Waals surface area contributed by atoms with Gasteiger partial charge >= 0.3 is 5.97 Å². The number of carboxylic acid groups (broad SMARTS) is 1. The molecule has 1 N–H and O–H groups in total. The van der Waals surface area contributed by atoms with E-state index in [1.54, 1.807) is 0 Å². The molecule has 1 saturated heterocycles. The van der Waals surface area contributed by atoms with Gasteiger partial charge in [-0.15, -0.1) is 0 Å². The van der Waals surface area contributed by atoms with Crippen LogP contribution in [0, 0.1) is 5.92 Å². The molecule has 1 aromatic rings. The summed E-state index contributed by atoms with van der Waals surface area (Å²) in [6, 6.07) is 7.86. The standard InChI is InChI=1S/C22H30N4O2/c1-4-10-17(22(27)28)20-16(2)24-15-26(19-12-7-6-11-18(19)23-3)21(20)25-13-8-5-9-14-25/h6-7,11-12,17H,3-5,8-10,13-15H2,1-2H3,(H,27,28). The van der Waals surface area contributed by atoms with E-state index in [1.807, 2.05) is 38.1 Å². The lowest BCUT2D eigenvalue weighted by Gasteiger charge is -2.42. The highest BCUT2D eigenvalue weighted by atomic mass is 16.4. The molecule has 3 rings (SSSR count). The van der Waals surface area contributed by atoms with Crippen LogP contribution in [0.15, 0.2) is 45.6 Å². The van der Waals surface area contributed by atoms with Gasteiger partial charge in [-0.25, -0.2) is 0 Å². The topological polar surface area (TPSA) is 68.5 Å². The highest BCUT2D eigenvalue weighted by Crippen LogP contribution is 2.38. The molecule has 1 unspecified atom stereocenters. The van der Waals surface area contributed by atoms with Crippen LogP contribution in [0.4, 0.5) is 11.4 Å². The summed E-state index contributed by atoms with van der Waals surface area (Å²) < 4.78 is 0. The first kappa shape index (κ1) is 20.1. The SMILES string of the molecule is C=Nc1ccccc1N1CN=C(C)C(C(CCC)C(=O)O)=C1N1CCCCC1. The zero-order chi connectivity index (χ0) is 20.1. The summed E-state index contributed by atoms with van der Waals surface area (Å²) in [7, 11) is 0. The Kier molecular flexibility index (Phi) is 6.49. The monoisotopic (exact) mass is 382 g/mol. The highest BCUT2D eigenvalue weighted by molar-refractivity contribution is 6.04. The van der Waals surface area contributed by atoms with Crippen molar-refractivity contribution in [1.29, 1.82) is 0 Å². The van der Waals surface area contributed by atoms with Gasteiger partial charge in [0.25, 0.3) is 0 Å². The van der Waals surface area contributed by atoms with Crippen molar-refractivity contribution >= 4 is 29.8 Å². The van der Waals surface area contributed by atoms with E-state index in [4.69, 9.17) is 4.99 Å². The lowest BCUT2D eigenvalue weighted by molar-refractivity contribution is -0.140. The van der Waals surface area contributed by atoms with Crippen molar-refractivity contribution in [1.82, 2.24) is 4.90 Å². The van der Waals surface area contributed by atoms with Crippen molar-refractivity contribution in [2.45, 2.75) is 46.0 Å². The molecular weight excluding hydrogens is 352 g/mol. The number of aliphatic carboxylic acids is 1. The Hall–Kier alpha value is -2.63. The normalized spacial score (nSPS) is 18.7. The van der Waals surface area contributed by atoms with Crippen LogP contribution in [-0.2, 0) is 4.79 Å². The van der Waals surface area contributed by atoms with Crippen LogP contribution in [0.5, 0.6) is 0 Å². The number of nitrogens with zero attached hydrogens (tertiary/aromatic N) is 4. The molecular formula is C22H30N4O2. The first-order chi connectivity index (χ1) is 13.6. The van der Waals surface area contributed by atoms with Gasteiger partial charge in [0, 0.05) is 24.4 Å². The number of piperidine rings is 1. The summed E-state index contributed by atoms with van der Waals surface area (Å²) in [6.07, 6.45) is 4.87. The summed E-state index contributed by atoms with van der Waals surface area (Å²) in [6.45, 7) is 10.0. The van der Waals surface area contributed by atoms with Crippen LogP contribution >= 0.6 is 0 Å². The highest BCUT2D eigenvalue weighted by Gasteiger charge is 2.35. The van der Waals surface area contributed by atoms with Gasteiger partial charge < -0.3 is 14.9 Å². The summed E-state index contributed by atoms with van der Waals surface area (Å²) >= 11 is 0. The third-order valence-electron chi connectivity index (χ3n) is 5.56. The van der Waals surface area contributed by atoms with Crippen molar-refractivity contribution in [3.05, 3.63) is 35.7 Å². The van der Waals surface area contributed by atoms with Gasteiger partial charge in [0.05, 0.1) is 17.3 Å². The second kappa shape index (κ2) is 9.04. The molecule has 0 spiro atoms. The molecule has 28 heavy (non-hydrogen) atoms. The number of carbonyl (C=O) groups is 1. The number of rotatable bonds is 7. The third kappa shape index (κ3) is 3.96. The lowest BCUT2D eigenvalue weighted by atomic mass is 9.89. The van der Waals surface area contributed by atoms with Crippen LogP contribution < -0.4 is 4.90 Å². The summed E-state index contributed by atoms with van der Waals surface area (Å²) in [5, 5.41) is 9.99. The predicted molar refractivity (Wildman–Crippen MR) is 115 cm³/mol. The van der Waals surface area contributed by atoms with E-state index in [0.717, 1.165) is 60.8 Å². The first-order valence-electron chi connectivity index (χ1n) is 10.1. The number of likely N-dealkylation sites (tertiary alicyclic amines) is 1. The lowest BCUT2D eigenvalue weighted by Crippen LogP contribution is -2.44. The van der Waals surface area contributed by atoms with Gasteiger partial charge in [-0.2, -0.15) is 0 Å². The number of hydrogen-bond acceptors (Lipinski definition) is 5. The quantitative estimate of drug-likeness (QED) is 0.707. The molecule has 1 atom stereocenters. The van der Waals surface area contributed by atoms with Gasteiger partial charge in [-0.1, -0.05) is 25.5 Å². The van der Waals surface area contributed by atoms with Gasteiger partial charge in [0.15, 0.2) is 0 Å².